The highest BCUT2D eigenvalue weighted by Crippen LogP contribution is 2.38. The molecule has 1 aromatic rings. The molecule has 0 radical (unpaired) electrons. The van der Waals surface area contributed by atoms with E-state index in [-0.39, 0.29) is 0 Å². The Bertz CT molecular complexity index is 406. The van der Waals surface area contributed by atoms with Crippen molar-refractivity contribution >= 4 is 5.57 Å². The Morgan fingerprint density at radius 1 is 1.20 bits per heavy atom. The topological polar surface area (TPSA) is 12.0 Å². The number of hydrogen-bond donors (Lipinski definition) is 1. The highest BCUT2D eigenvalue weighted by molar-refractivity contribution is 5.70. The highest BCUT2D eigenvalue weighted by Gasteiger charge is 2.31. The molecule has 78 valence electrons. The normalized spacial score (nSPS) is 29.0. The lowest BCUT2D eigenvalue weighted by Crippen LogP contribution is -2.09. The van der Waals surface area contributed by atoms with Crippen molar-refractivity contribution in [1.82, 2.24) is 5.32 Å². The molecule has 1 heterocycles. The molecule has 1 saturated heterocycles. The van der Waals surface area contributed by atoms with Crippen molar-refractivity contribution in [2.45, 2.75) is 13.3 Å². The van der Waals surface area contributed by atoms with Gasteiger partial charge in [0.1, 0.15) is 0 Å². The van der Waals surface area contributed by atoms with Crippen molar-refractivity contribution in [1.29, 1.82) is 0 Å². The van der Waals surface area contributed by atoms with Crippen LogP contribution in [0.4, 0.5) is 0 Å². The third-order valence-electron chi connectivity index (χ3n) is 3.78. The average Bonchev–Trinajstić information content (AvgIpc) is 2.77. The van der Waals surface area contributed by atoms with Crippen molar-refractivity contribution in [2.75, 3.05) is 13.1 Å². The lowest BCUT2D eigenvalue weighted by Gasteiger charge is -2.08. The second-order valence-corrected chi connectivity index (χ2v) is 4.79. The largest absolute Gasteiger partial charge is 0.316 e. The maximum Gasteiger partial charge on any atom is 0.00178 e. The Morgan fingerprint density at radius 3 is 2.87 bits per heavy atom. The first kappa shape index (κ1) is 9.17. The summed E-state index contributed by atoms with van der Waals surface area (Å²) in [6, 6.07) is 8.74. The summed E-state index contributed by atoms with van der Waals surface area (Å²) in [5.41, 5.74) is 4.45. The summed E-state index contributed by atoms with van der Waals surface area (Å²) in [4.78, 5) is 0. The van der Waals surface area contributed by atoms with Crippen molar-refractivity contribution in [3.63, 3.8) is 0 Å². The van der Waals surface area contributed by atoms with Gasteiger partial charge < -0.3 is 5.32 Å². The van der Waals surface area contributed by atoms with Gasteiger partial charge in [-0.3, -0.25) is 0 Å². The SMILES string of the molecule is Cc1ccccc1C1=CC2CNCC2C1. The van der Waals surface area contributed by atoms with Gasteiger partial charge in [0.2, 0.25) is 0 Å². The van der Waals surface area contributed by atoms with E-state index >= 15 is 0 Å². The Kier molecular flexibility index (Phi) is 2.14. The van der Waals surface area contributed by atoms with E-state index in [1.165, 1.54) is 30.6 Å². The molecule has 1 nitrogen and oxygen atoms in total. The smallest absolute Gasteiger partial charge is 0.00178 e. The van der Waals surface area contributed by atoms with Gasteiger partial charge in [0.25, 0.3) is 0 Å². The summed E-state index contributed by atoms with van der Waals surface area (Å²) in [7, 11) is 0. The van der Waals surface area contributed by atoms with Crippen molar-refractivity contribution in [3.8, 4) is 0 Å². The molecule has 0 amide bonds. The molecule has 0 spiro atoms. The number of nitrogens with one attached hydrogen (secondary N) is 1. The molecule has 2 atom stereocenters. The molecule has 3 rings (SSSR count). The van der Waals surface area contributed by atoms with E-state index in [9.17, 15) is 0 Å². The quantitative estimate of drug-likeness (QED) is 0.733. The van der Waals surface area contributed by atoms with Gasteiger partial charge in [0.05, 0.1) is 0 Å². The standard InChI is InChI=1S/C14H17N/c1-10-4-2-3-5-14(10)11-6-12-8-15-9-13(12)7-11/h2-6,12-13,15H,7-9H2,1H3. The summed E-state index contributed by atoms with van der Waals surface area (Å²) in [5, 5.41) is 3.47. The number of allylic oxidation sites excluding steroid dienone is 1. The molecule has 0 bridgehead atoms. The van der Waals surface area contributed by atoms with Crippen LogP contribution >= 0.6 is 0 Å². The molecule has 0 aromatic heterocycles. The van der Waals surface area contributed by atoms with E-state index in [1.807, 2.05) is 0 Å². The van der Waals surface area contributed by atoms with E-state index in [0.717, 1.165) is 11.8 Å². The third-order valence-corrected chi connectivity index (χ3v) is 3.78. The molecular formula is C14H17N. The van der Waals surface area contributed by atoms with E-state index in [4.69, 9.17) is 0 Å². The van der Waals surface area contributed by atoms with Crippen LogP contribution in [0.2, 0.25) is 0 Å². The molecule has 15 heavy (non-hydrogen) atoms. The van der Waals surface area contributed by atoms with Crippen molar-refractivity contribution in [3.05, 3.63) is 41.5 Å². The first-order chi connectivity index (χ1) is 7.34. The molecule has 1 aromatic carbocycles. The monoisotopic (exact) mass is 199 g/mol. The molecule has 1 N–H and O–H groups in total. The Labute approximate surface area is 91.2 Å². The van der Waals surface area contributed by atoms with Crippen LogP contribution in [-0.2, 0) is 0 Å². The maximum absolute atomic E-state index is 3.47. The summed E-state index contributed by atoms with van der Waals surface area (Å²) >= 11 is 0. The molecule has 2 unspecified atom stereocenters. The summed E-state index contributed by atoms with van der Waals surface area (Å²) < 4.78 is 0. The van der Waals surface area contributed by atoms with Crippen LogP contribution in [0.5, 0.6) is 0 Å². The number of aryl methyl sites for hydroxylation is 1. The van der Waals surface area contributed by atoms with E-state index in [0.29, 0.717) is 0 Å². The molecule has 1 aliphatic heterocycles. The van der Waals surface area contributed by atoms with Gasteiger partial charge >= 0.3 is 0 Å². The Hall–Kier alpha value is -1.08. The third kappa shape index (κ3) is 1.51. The minimum absolute atomic E-state index is 0.791. The molecular weight excluding hydrogens is 182 g/mol. The first-order valence-electron chi connectivity index (χ1n) is 5.82. The first-order valence-corrected chi connectivity index (χ1v) is 5.82. The van der Waals surface area contributed by atoms with Crippen LogP contribution in [0.15, 0.2) is 30.3 Å². The molecule has 1 heteroatoms. The summed E-state index contributed by atoms with van der Waals surface area (Å²) in [6.45, 7) is 4.60. The minimum atomic E-state index is 0.791. The van der Waals surface area contributed by atoms with Gasteiger partial charge in [0, 0.05) is 6.54 Å². The highest BCUT2D eigenvalue weighted by atomic mass is 14.9. The van der Waals surface area contributed by atoms with E-state index < -0.39 is 0 Å². The fraction of sp³-hybridized carbons (Fsp3) is 0.429. The van der Waals surface area contributed by atoms with Gasteiger partial charge in [0.15, 0.2) is 0 Å². The molecule has 1 fully saturated rings. The predicted molar refractivity (Wildman–Crippen MR) is 63.6 cm³/mol. The van der Waals surface area contributed by atoms with E-state index in [1.54, 1.807) is 5.57 Å². The van der Waals surface area contributed by atoms with Gasteiger partial charge in [-0.25, -0.2) is 0 Å². The van der Waals surface area contributed by atoms with Gasteiger partial charge in [-0.2, -0.15) is 0 Å². The second-order valence-electron chi connectivity index (χ2n) is 4.79. The zero-order valence-corrected chi connectivity index (χ0v) is 9.16. The molecule has 0 saturated carbocycles. The Balaban J connectivity index is 1.93. The number of hydrogen-bond acceptors (Lipinski definition) is 1. The number of rotatable bonds is 1. The van der Waals surface area contributed by atoms with Crippen molar-refractivity contribution < 1.29 is 0 Å². The molecule has 1 aliphatic carbocycles. The fourth-order valence-electron chi connectivity index (χ4n) is 2.91. The lowest BCUT2D eigenvalue weighted by atomic mass is 9.96. The fourth-order valence-corrected chi connectivity index (χ4v) is 2.91. The zero-order chi connectivity index (χ0) is 10.3. The minimum Gasteiger partial charge on any atom is -0.316 e. The number of fused-ring (bicyclic) bond motifs is 1. The van der Waals surface area contributed by atoms with Crippen LogP contribution in [0.3, 0.4) is 0 Å². The van der Waals surface area contributed by atoms with Crippen LogP contribution in [0, 0.1) is 18.8 Å². The van der Waals surface area contributed by atoms with Crippen LogP contribution in [0.25, 0.3) is 5.57 Å². The van der Waals surface area contributed by atoms with Gasteiger partial charge in [-0.1, -0.05) is 30.3 Å². The zero-order valence-electron chi connectivity index (χ0n) is 9.16. The van der Waals surface area contributed by atoms with Crippen LogP contribution in [-0.4, -0.2) is 13.1 Å². The van der Waals surface area contributed by atoms with Crippen LogP contribution < -0.4 is 5.32 Å². The lowest BCUT2D eigenvalue weighted by molar-refractivity contribution is 0.536. The Morgan fingerprint density at radius 2 is 2.07 bits per heavy atom. The van der Waals surface area contributed by atoms with Gasteiger partial charge in [-0.15, -0.1) is 0 Å². The van der Waals surface area contributed by atoms with Crippen molar-refractivity contribution in [2.24, 2.45) is 11.8 Å². The van der Waals surface area contributed by atoms with Gasteiger partial charge in [-0.05, 0) is 48.4 Å². The van der Waals surface area contributed by atoms with Crippen LogP contribution in [0.1, 0.15) is 17.5 Å². The second kappa shape index (κ2) is 3.49. The predicted octanol–water partition coefficient (Wildman–Crippen LogP) is 2.62. The van der Waals surface area contributed by atoms with E-state index in [2.05, 4.69) is 42.6 Å². The summed E-state index contributed by atoms with van der Waals surface area (Å²) in [5.74, 6) is 1.65. The molecule has 2 aliphatic rings. The maximum atomic E-state index is 3.47. The average molecular weight is 199 g/mol. The number of benzene rings is 1. The summed E-state index contributed by atoms with van der Waals surface area (Å²) in [6.07, 6.45) is 3.76.